The van der Waals surface area contributed by atoms with Crippen LogP contribution in [0.25, 0.3) is 11.3 Å². The summed E-state index contributed by atoms with van der Waals surface area (Å²) in [5.41, 5.74) is 2.67. The van der Waals surface area contributed by atoms with Crippen LogP contribution >= 0.6 is 0 Å². The molecule has 5 aliphatic heterocycles. The summed E-state index contributed by atoms with van der Waals surface area (Å²) >= 11 is 0. The first-order valence-electron chi connectivity index (χ1n) is 18.8. The van der Waals surface area contributed by atoms with Crippen LogP contribution in [0, 0.1) is 5.82 Å². The average molecular weight is 769 g/mol. The highest BCUT2D eigenvalue weighted by Gasteiger charge is 2.56. The Morgan fingerprint density at radius 2 is 1.84 bits per heavy atom. The van der Waals surface area contributed by atoms with Gasteiger partial charge in [-0.15, -0.1) is 10.2 Å². The molecule has 3 atom stereocenters. The van der Waals surface area contributed by atoms with Crippen molar-refractivity contribution in [2.24, 2.45) is 0 Å². The molecule has 0 spiro atoms. The van der Waals surface area contributed by atoms with Crippen LogP contribution in [0.2, 0.25) is 0 Å². The lowest BCUT2D eigenvalue weighted by Gasteiger charge is -2.43. The van der Waals surface area contributed by atoms with Crippen molar-refractivity contribution in [1.29, 1.82) is 0 Å². The molecular formula is C40H39F3N8O5. The Kier molecular flexibility index (Phi) is 9.02. The van der Waals surface area contributed by atoms with Gasteiger partial charge in [0.15, 0.2) is 17.4 Å². The third-order valence-electron chi connectivity index (χ3n) is 11.9. The van der Waals surface area contributed by atoms with Crippen molar-refractivity contribution in [3.8, 4) is 22.9 Å². The van der Waals surface area contributed by atoms with E-state index < -0.39 is 41.6 Å². The van der Waals surface area contributed by atoms with Gasteiger partial charge in [0.1, 0.15) is 17.7 Å². The number of ether oxygens (including phenoxy) is 1. The Morgan fingerprint density at radius 1 is 1.00 bits per heavy atom. The van der Waals surface area contributed by atoms with Gasteiger partial charge < -0.3 is 25.0 Å². The molecule has 7 heterocycles. The number of nitrogens with zero attached hydrogens (tertiary/aromatic N) is 6. The first kappa shape index (κ1) is 35.9. The van der Waals surface area contributed by atoms with E-state index in [1.165, 1.54) is 18.2 Å². The Labute approximate surface area is 319 Å². The highest BCUT2D eigenvalue weighted by molar-refractivity contribution is 6.05. The van der Waals surface area contributed by atoms with Crippen molar-refractivity contribution in [3.05, 3.63) is 88.9 Å². The second-order valence-electron chi connectivity index (χ2n) is 15.3. The maximum absolute atomic E-state index is 14.9. The van der Waals surface area contributed by atoms with Gasteiger partial charge in [0.2, 0.25) is 17.7 Å². The number of phenols is 1. The number of anilines is 2. The van der Waals surface area contributed by atoms with E-state index in [1.54, 1.807) is 22.1 Å². The van der Waals surface area contributed by atoms with Crippen molar-refractivity contribution in [2.75, 3.05) is 36.4 Å². The number of phenolic OH excluding ortho intramolecular Hbond substituents is 1. The Bertz CT molecular complexity index is 2220. The fourth-order valence-electron chi connectivity index (χ4n) is 8.88. The lowest BCUT2D eigenvalue weighted by molar-refractivity contribution is -0.136. The number of benzene rings is 2. The molecule has 56 heavy (non-hydrogen) atoms. The maximum Gasteiger partial charge on any atom is 0.263 e. The van der Waals surface area contributed by atoms with Gasteiger partial charge in [-0.25, -0.2) is 18.2 Å². The van der Waals surface area contributed by atoms with E-state index in [4.69, 9.17) is 4.74 Å². The molecule has 0 radical (unpaired) electrons. The van der Waals surface area contributed by atoms with Crippen molar-refractivity contribution >= 4 is 29.2 Å². The number of alkyl halides is 2. The third kappa shape index (κ3) is 6.34. The molecule has 9 rings (SSSR count). The van der Waals surface area contributed by atoms with E-state index in [1.807, 2.05) is 18.2 Å². The first-order chi connectivity index (χ1) is 27.1. The molecule has 2 aromatic heterocycles. The number of rotatable bonds is 8. The number of fused-ring (bicyclic) bond motifs is 4. The zero-order chi connectivity index (χ0) is 38.7. The number of para-hydroxylation sites is 1. The fourth-order valence-corrected chi connectivity index (χ4v) is 8.88. The zero-order valence-electron chi connectivity index (χ0n) is 30.3. The van der Waals surface area contributed by atoms with Gasteiger partial charge in [0, 0.05) is 55.9 Å². The highest BCUT2D eigenvalue weighted by Crippen LogP contribution is 2.46. The smallest absolute Gasteiger partial charge is 0.263 e. The summed E-state index contributed by atoms with van der Waals surface area (Å²) in [6, 6.07) is 14.7. The standard InChI is InChI=1S/C40H39F3N8O5/c41-29-3-1-2-27(35(29)53)30-15-32-36(48-47-30)45-21-40(39(42)43)16-26(20-51(32)40)56-34-9-4-22(17-44-34)18-49-12-10-23(11-13-49)24-5-6-25-19-50(38(55)28(25)14-24)31-7-8-33(52)46-37(31)54/h1-6,9,14-15,17,23,26,31,39,53H,7-8,10-13,16,18-21H2,(H,45,48)(H,46,52,54)/t26-,31+,40-/m1/s1. The van der Waals surface area contributed by atoms with Crippen LogP contribution in [0.15, 0.2) is 60.8 Å². The fraction of sp³-hybridized carbons (Fsp3) is 0.400. The molecule has 290 valence electrons. The van der Waals surface area contributed by atoms with E-state index >= 15 is 0 Å². The minimum absolute atomic E-state index is 0.0226. The zero-order valence-corrected chi connectivity index (χ0v) is 30.3. The van der Waals surface area contributed by atoms with Gasteiger partial charge in [0.25, 0.3) is 12.3 Å². The van der Waals surface area contributed by atoms with Crippen LogP contribution < -0.4 is 20.3 Å². The minimum Gasteiger partial charge on any atom is -0.504 e. The van der Waals surface area contributed by atoms with E-state index in [0.29, 0.717) is 48.4 Å². The molecule has 0 aliphatic carbocycles. The number of hydrogen-bond acceptors (Lipinski definition) is 11. The summed E-state index contributed by atoms with van der Waals surface area (Å²) < 4.78 is 50.0. The number of aromatic hydroxyl groups is 1. The summed E-state index contributed by atoms with van der Waals surface area (Å²) in [7, 11) is 0. The number of piperidine rings is 2. The molecule has 16 heteroatoms. The summed E-state index contributed by atoms with van der Waals surface area (Å²) in [6.45, 7) is 2.81. The predicted octanol–water partition coefficient (Wildman–Crippen LogP) is 4.61. The van der Waals surface area contributed by atoms with Gasteiger partial charge in [-0.2, -0.15) is 0 Å². The number of halogens is 3. The summed E-state index contributed by atoms with van der Waals surface area (Å²) in [6.07, 6.45) is 0.820. The Balaban J connectivity index is 0.811. The molecule has 0 bridgehead atoms. The van der Waals surface area contributed by atoms with E-state index in [-0.39, 0.29) is 49.0 Å². The maximum atomic E-state index is 14.9. The lowest BCUT2D eigenvalue weighted by atomic mass is 9.87. The Morgan fingerprint density at radius 3 is 2.61 bits per heavy atom. The molecule has 3 N–H and O–H groups in total. The largest absolute Gasteiger partial charge is 0.504 e. The van der Waals surface area contributed by atoms with Gasteiger partial charge in [-0.05, 0) is 79.2 Å². The van der Waals surface area contributed by atoms with Crippen LogP contribution in [0.3, 0.4) is 0 Å². The monoisotopic (exact) mass is 768 g/mol. The molecule has 2 aromatic carbocycles. The number of amides is 3. The SMILES string of the molecule is O=C1CC[C@H](N2Cc3ccc(C4CCN(Cc5ccc(O[C@H]6CN7c8cc(-c9cccc(F)c9O)nnc8NC[C@@]7(C(F)F)C6)nc5)CC4)cc3C2=O)C(=O)N1. The van der Waals surface area contributed by atoms with Crippen molar-refractivity contribution in [3.63, 3.8) is 0 Å². The van der Waals surface area contributed by atoms with Crippen LogP contribution in [-0.2, 0) is 22.7 Å². The molecular weight excluding hydrogens is 729 g/mol. The number of pyridine rings is 1. The summed E-state index contributed by atoms with van der Waals surface area (Å²) in [5, 5.41) is 23.9. The second-order valence-corrected chi connectivity index (χ2v) is 15.3. The molecule has 0 saturated carbocycles. The molecule has 3 fully saturated rings. The van der Waals surface area contributed by atoms with Crippen molar-refractivity contribution in [2.45, 2.75) is 75.2 Å². The molecule has 5 aliphatic rings. The number of carbonyl (C=O) groups excluding carboxylic acids is 3. The lowest BCUT2D eigenvalue weighted by Crippen LogP contribution is -2.57. The van der Waals surface area contributed by atoms with Gasteiger partial charge in [-0.1, -0.05) is 24.3 Å². The molecule has 3 saturated heterocycles. The summed E-state index contributed by atoms with van der Waals surface area (Å²) in [4.78, 5) is 47.4. The first-order valence-corrected chi connectivity index (χ1v) is 18.8. The highest BCUT2D eigenvalue weighted by atomic mass is 19.3. The quantitative estimate of drug-likeness (QED) is 0.216. The van der Waals surface area contributed by atoms with Gasteiger partial charge in [-0.3, -0.25) is 24.6 Å². The van der Waals surface area contributed by atoms with Crippen LogP contribution in [0.1, 0.15) is 65.1 Å². The normalized spacial score (nSPS) is 23.8. The molecule has 3 amide bonds. The predicted molar refractivity (Wildman–Crippen MR) is 197 cm³/mol. The molecule has 4 aromatic rings. The van der Waals surface area contributed by atoms with Crippen LogP contribution in [0.4, 0.5) is 24.7 Å². The number of imide groups is 1. The second kappa shape index (κ2) is 14.1. The van der Waals surface area contributed by atoms with E-state index in [2.05, 4.69) is 36.8 Å². The topological polar surface area (TPSA) is 153 Å². The van der Waals surface area contributed by atoms with Gasteiger partial charge >= 0.3 is 0 Å². The Hall–Kier alpha value is -5.77. The number of nitrogens with one attached hydrogen (secondary N) is 2. The van der Waals surface area contributed by atoms with Crippen molar-refractivity contribution in [1.82, 2.24) is 30.3 Å². The average Bonchev–Trinajstić information content (AvgIpc) is 3.74. The number of hydrogen-bond donors (Lipinski definition) is 3. The minimum atomic E-state index is -2.73. The summed E-state index contributed by atoms with van der Waals surface area (Å²) in [5.74, 6) is -1.37. The van der Waals surface area contributed by atoms with E-state index in [9.17, 15) is 32.7 Å². The van der Waals surface area contributed by atoms with Crippen LogP contribution in [0.5, 0.6) is 11.6 Å². The molecule has 13 nitrogen and oxygen atoms in total. The van der Waals surface area contributed by atoms with Gasteiger partial charge in [0.05, 0.1) is 17.9 Å². The number of likely N-dealkylation sites (tertiary alicyclic amines) is 1. The number of aromatic nitrogens is 3. The van der Waals surface area contributed by atoms with Crippen LogP contribution in [-0.4, -0.2) is 98.1 Å². The van der Waals surface area contributed by atoms with Crippen molar-refractivity contribution < 1.29 is 37.4 Å². The van der Waals surface area contributed by atoms with E-state index in [0.717, 1.165) is 48.7 Å². The number of carbonyl (C=O) groups is 3. The molecule has 0 unspecified atom stereocenters. The third-order valence-corrected chi connectivity index (χ3v) is 11.9.